The van der Waals surface area contributed by atoms with Gasteiger partial charge in [0.1, 0.15) is 0 Å². The molecule has 18 heavy (non-hydrogen) atoms. The Labute approximate surface area is 111 Å². The molecule has 98 valence electrons. The van der Waals surface area contributed by atoms with E-state index in [9.17, 15) is 13.2 Å². The number of rotatable bonds is 3. The summed E-state index contributed by atoms with van der Waals surface area (Å²) in [5, 5.41) is 0.434. The van der Waals surface area contributed by atoms with Gasteiger partial charge in [0.15, 0.2) is 0 Å². The molecule has 1 aromatic carbocycles. The minimum Gasteiger partial charge on any atom is -0.350 e. The van der Waals surface area contributed by atoms with E-state index < -0.39 is 16.1 Å². The normalized spacial score (nSPS) is 12.3. The molecule has 0 aliphatic rings. The smallest absolute Gasteiger partial charge is 0.333 e. The third-order valence-electron chi connectivity index (χ3n) is 2.32. The van der Waals surface area contributed by atoms with Crippen molar-refractivity contribution < 1.29 is 13.2 Å². The second-order valence-electron chi connectivity index (χ2n) is 3.48. The first kappa shape index (κ1) is 14.5. The van der Waals surface area contributed by atoms with E-state index in [0.717, 1.165) is 0 Å². The Kier molecular flexibility index (Phi) is 4.37. The number of amides is 2. The Bertz CT molecular complexity index is 579. The van der Waals surface area contributed by atoms with Gasteiger partial charge in [-0.3, -0.25) is 0 Å². The van der Waals surface area contributed by atoms with Crippen LogP contribution in [0, 0.1) is 0 Å². The fourth-order valence-electron chi connectivity index (χ4n) is 1.25. The van der Waals surface area contributed by atoms with Crippen LogP contribution in [-0.2, 0) is 10.0 Å². The lowest BCUT2D eigenvalue weighted by molar-refractivity contribution is 0.257. The highest BCUT2D eigenvalue weighted by Crippen LogP contribution is 2.24. The number of urea groups is 1. The van der Waals surface area contributed by atoms with Crippen LogP contribution in [-0.4, -0.2) is 14.4 Å². The van der Waals surface area contributed by atoms with Crippen LogP contribution in [0.25, 0.3) is 0 Å². The molecule has 7 heteroatoms. The SMILES string of the molecule is CC=C(C)S(=O)(=O)N(C(N)=O)c1ccc(Cl)cc1. The lowest BCUT2D eigenvalue weighted by Crippen LogP contribution is -2.41. The molecular weight excluding hydrogens is 276 g/mol. The first-order chi connectivity index (χ1) is 8.30. The van der Waals surface area contributed by atoms with E-state index in [1.165, 1.54) is 37.3 Å². The van der Waals surface area contributed by atoms with Gasteiger partial charge < -0.3 is 5.73 Å². The van der Waals surface area contributed by atoms with Gasteiger partial charge in [0.25, 0.3) is 10.0 Å². The van der Waals surface area contributed by atoms with Crippen molar-refractivity contribution in [2.45, 2.75) is 13.8 Å². The topological polar surface area (TPSA) is 80.5 Å². The number of anilines is 1. The van der Waals surface area contributed by atoms with Crippen LogP contribution < -0.4 is 10.0 Å². The van der Waals surface area contributed by atoms with Crippen LogP contribution in [0.3, 0.4) is 0 Å². The predicted octanol–water partition coefficient (Wildman–Crippen LogP) is 2.48. The molecule has 0 saturated heterocycles. The Balaban J connectivity index is 3.37. The average molecular weight is 289 g/mol. The molecule has 0 spiro atoms. The van der Waals surface area contributed by atoms with Gasteiger partial charge in [0, 0.05) is 5.02 Å². The highest BCUT2D eigenvalue weighted by atomic mass is 35.5. The first-order valence-electron chi connectivity index (χ1n) is 5.04. The number of hydrogen-bond donors (Lipinski definition) is 1. The van der Waals surface area contributed by atoms with E-state index in [-0.39, 0.29) is 10.6 Å². The van der Waals surface area contributed by atoms with Crippen LogP contribution in [0.2, 0.25) is 5.02 Å². The second kappa shape index (κ2) is 5.41. The lowest BCUT2D eigenvalue weighted by atomic mass is 10.3. The molecule has 0 unspecified atom stereocenters. The summed E-state index contributed by atoms with van der Waals surface area (Å²) in [6, 6.07) is 4.71. The maximum atomic E-state index is 12.1. The Morgan fingerprint density at radius 2 is 1.83 bits per heavy atom. The Morgan fingerprint density at radius 1 is 1.33 bits per heavy atom. The second-order valence-corrected chi connectivity index (χ2v) is 5.88. The molecule has 0 aromatic heterocycles. The van der Waals surface area contributed by atoms with Crippen LogP contribution >= 0.6 is 11.6 Å². The van der Waals surface area contributed by atoms with E-state index >= 15 is 0 Å². The van der Waals surface area contributed by atoms with Crippen molar-refractivity contribution >= 4 is 33.3 Å². The van der Waals surface area contributed by atoms with Crippen LogP contribution in [0.4, 0.5) is 10.5 Å². The van der Waals surface area contributed by atoms with Crippen LogP contribution in [0.15, 0.2) is 35.2 Å². The number of allylic oxidation sites excluding steroid dienone is 2. The van der Waals surface area contributed by atoms with Gasteiger partial charge >= 0.3 is 6.03 Å². The van der Waals surface area contributed by atoms with Gasteiger partial charge in [0.05, 0.1) is 10.6 Å². The summed E-state index contributed by atoms with van der Waals surface area (Å²) in [4.78, 5) is 11.4. The summed E-state index contributed by atoms with van der Waals surface area (Å²) in [5.74, 6) is 0. The third kappa shape index (κ3) is 2.83. The number of sulfonamides is 1. The zero-order chi connectivity index (χ0) is 13.9. The quantitative estimate of drug-likeness (QED) is 0.928. The van der Waals surface area contributed by atoms with Crippen molar-refractivity contribution in [1.82, 2.24) is 0 Å². The molecule has 0 aliphatic heterocycles. The highest BCUT2D eigenvalue weighted by Gasteiger charge is 2.28. The molecule has 0 saturated carbocycles. The van der Waals surface area contributed by atoms with Gasteiger partial charge in [-0.05, 0) is 38.1 Å². The van der Waals surface area contributed by atoms with Gasteiger partial charge in [-0.15, -0.1) is 0 Å². The molecule has 5 nitrogen and oxygen atoms in total. The zero-order valence-electron chi connectivity index (χ0n) is 9.92. The van der Waals surface area contributed by atoms with Gasteiger partial charge in [-0.25, -0.2) is 13.2 Å². The van der Waals surface area contributed by atoms with Crippen LogP contribution in [0.5, 0.6) is 0 Å². The molecule has 0 aliphatic carbocycles. The number of halogens is 1. The Hall–Kier alpha value is -1.53. The van der Waals surface area contributed by atoms with E-state index in [1.807, 2.05) is 0 Å². The number of carbonyl (C=O) groups excluding carboxylic acids is 1. The lowest BCUT2D eigenvalue weighted by Gasteiger charge is -2.20. The van der Waals surface area contributed by atoms with Crippen molar-refractivity contribution in [2.24, 2.45) is 5.73 Å². The summed E-state index contributed by atoms with van der Waals surface area (Å²) < 4.78 is 24.8. The van der Waals surface area contributed by atoms with E-state index in [1.54, 1.807) is 6.92 Å². The molecule has 1 rings (SSSR count). The van der Waals surface area contributed by atoms with Gasteiger partial charge in [0.2, 0.25) is 0 Å². The summed E-state index contributed by atoms with van der Waals surface area (Å²) in [6.45, 7) is 2.95. The zero-order valence-corrected chi connectivity index (χ0v) is 11.5. The van der Waals surface area contributed by atoms with Crippen molar-refractivity contribution in [1.29, 1.82) is 0 Å². The first-order valence-corrected chi connectivity index (χ1v) is 6.85. The summed E-state index contributed by atoms with van der Waals surface area (Å²) in [7, 11) is -3.94. The fourth-order valence-corrected chi connectivity index (χ4v) is 2.60. The molecule has 0 heterocycles. The Morgan fingerprint density at radius 3 is 2.22 bits per heavy atom. The molecule has 0 bridgehead atoms. The predicted molar refractivity (Wildman–Crippen MR) is 71.9 cm³/mol. The monoisotopic (exact) mass is 288 g/mol. The third-order valence-corrected chi connectivity index (χ3v) is 4.49. The largest absolute Gasteiger partial charge is 0.350 e. The minimum atomic E-state index is -3.94. The molecule has 0 fully saturated rings. The number of nitrogens with zero attached hydrogens (tertiary/aromatic N) is 1. The minimum absolute atomic E-state index is 0.0382. The number of hydrogen-bond acceptors (Lipinski definition) is 3. The van der Waals surface area contributed by atoms with Crippen molar-refractivity contribution in [3.05, 3.63) is 40.3 Å². The number of primary amides is 1. The maximum Gasteiger partial charge on any atom is 0.333 e. The molecule has 2 N–H and O–H groups in total. The van der Waals surface area contributed by atoms with Crippen LogP contribution in [0.1, 0.15) is 13.8 Å². The molecule has 0 radical (unpaired) electrons. The van der Waals surface area contributed by atoms with E-state index in [0.29, 0.717) is 9.33 Å². The average Bonchev–Trinajstić information content (AvgIpc) is 2.30. The fraction of sp³-hybridized carbons (Fsp3) is 0.182. The number of benzene rings is 1. The van der Waals surface area contributed by atoms with E-state index in [2.05, 4.69) is 0 Å². The van der Waals surface area contributed by atoms with Crippen molar-refractivity contribution in [3.8, 4) is 0 Å². The number of nitrogens with two attached hydrogens (primary N) is 1. The summed E-state index contributed by atoms with van der Waals surface area (Å²) >= 11 is 5.70. The van der Waals surface area contributed by atoms with Crippen molar-refractivity contribution in [2.75, 3.05) is 4.31 Å². The molecule has 2 amide bonds. The molecule has 0 atom stereocenters. The van der Waals surface area contributed by atoms with Gasteiger partial charge in [-0.2, -0.15) is 4.31 Å². The standard InChI is InChI=1S/C11H13ClN2O3S/c1-3-8(2)18(16,17)14(11(13)15)10-6-4-9(12)5-7-10/h3-7H,1-2H3,(H2,13,15). The summed E-state index contributed by atoms with van der Waals surface area (Å²) in [6.07, 6.45) is 1.39. The molecule has 1 aromatic rings. The van der Waals surface area contributed by atoms with Gasteiger partial charge in [-0.1, -0.05) is 17.7 Å². The van der Waals surface area contributed by atoms with E-state index in [4.69, 9.17) is 17.3 Å². The summed E-state index contributed by atoms with van der Waals surface area (Å²) in [5.41, 5.74) is 5.28. The highest BCUT2D eigenvalue weighted by molar-refractivity contribution is 7.97. The maximum absolute atomic E-state index is 12.1. The number of carbonyl (C=O) groups is 1. The molecular formula is C11H13ClN2O3S. The van der Waals surface area contributed by atoms with Crippen molar-refractivity contribution in [3.63, 3.8) is 0 Å².